The lowest BCUT2D eigenvalue weighted by molar-refractivity contribution is 0.0705. The SMILES string of the molecule is Cc1ccc(C(=O)N2CCCC(c3ccnc(N(C)C)c3)C2)c(=O)[nH]1. The molecule has 3 heterocycles. The first kappa shape index (κ1) is 17.2. The number of carbonyl (C=O) groups excluding carboxylic acids is 1. The summed E-state index contributed by atoms with van der Waals surface area (Å²) in [5, 5.41) is 0. The summed E-state index contributed by atoms with van der Waals surface area (Å²) < 4.78 is 0. The molecular formula is C19H24N4O2. The first-order chi connectivity index (χ1) is 12.0. The molecule has 0 bridgehead atoms. The van der Waals surface area contributed by atoms with Gasteiger partial charge < -0.3 is 14.8 Å². The summed E-state index contributed by atoms with van der Waals surface area (Å²) in [6.45, 7) is 3.12. The van der Waals surface area contributed by atoms with Crippen molar-refractivity contribution in [3.8, 4) is 0 Å². The number of rotatable bonds is 3. The molecule has 1 N–H and O–H groups in total. The van der Waals surface area contributed by atoms with Crippen molar-refractivity contribution in [3.05, 3.63) is 57.6 Å². The van der Waals surface area contributed by atoms with Gasteiger partial charge in [0.1, 0.15) is 11.4 Å². The van der Waals surface area contributed by atoms with Crippen molar-refractivity contribution in [2.24, 2.45) is 0 Å². The largest absolute Gasteiger partial charge is 0.363 e. The van der Waals surface area contributed by atoms with Crippen LogP contribution in [0.25, 0.3) is 0 Å². The Morgan fingerprint density at radius 3 is 2.84 bits per heavy atom. The minimum absolute atomic E-state index is 0.187. The minimum atomic E-state index is -0.314. The number of aryl methyl sites for hydroxylation is 1. The van der Waals surface area contributed by atoms with Gasteiger partial charge in [-0.25, -0.2) is 4.98 Å². The maximum absolute atomic E-state index is 12.8. The summed E-state index contributed by atoms with van der Waals surface area (Å²) in [4.78, 5) is 35.7. The summed E-state index contributed by atoms with van der Waals surface area (Å²) in [5.74, 6) is 0.993. The lowest BCUT2D eigenvalue weighted by Crippen LogP contribution is -2.41. The number of likely N-dealkylation sites (tertiary alicyclic amines) is 1. The summed E-state index contributed by atoms with van der Waals surface area (Å²) in [6, 6.07) is 7.49. The van der Waals surface area contributed by atoms with Gasteiger partial charge in [0.2, 0.25) is 0 Å². The Hall–Kier alpha value is -2.63. The summed E-state index contributed by atoms with van der Waals surface area (Å²) in [5.41, 5.74) is 1.85. The van der Waals surface area contributed by atoms with Gasteiger partial charge in [0.05, 0.1) is 0 Å². The minimum Gasteiger partial charge on any atom is -0.363 e. The Labute approximate surface area is 147 Å². The summed E-state index contributed by atoms with van der Waals surface area (Å²) in [6.07, 6.45) is 3.78. The van der Waals surface area contributed by atoms with E-state index in [-0.39, 0.29) is 22.9 Å². The molecule has 0 radical (unpaired) electrons. The molecule has 0 saturated carbocycles. The summed E-state index contributed by atoms with van der Waals surface area (Å²) in [7, 11) is 3.93. The average molecular weight is 340 g/mol. The van der Waals surface area contributed by atoms with Crippen molar-refractivity contribution in [3.63, 3.8) is 0 Å². The maximum atomic E-state index is 12.8. The monoisotopic (exact) mass is 340 g/mol. The Kier molecular flexibility index (Phi) is 4.88. The molecule has 132 valence electrons. The third-order valence-corrected chi connectivity index (χ3v) is 4.69. The van der Waals surface area contributed by atoms with E-state index in [1.54, 1.807) is 24.0 Å². The average Bonchev–Trinajstić information content (AvgIpc) is 2.61. The van der Waals surface area contributed by atoms with Crippen LogP contribution in [0.1, 0.15) is 40.4 Å². The van der Waals surface area contributed by atoms with Crippen LogP contribution in [0.4, 0.5) is 5.82 Å². The van der Waals surface area contributed by atoms with Crippen LogP contribution in [0.5, 0.6) is 0 Å². The van der Waals surface area contributed by atoms with Crippen LogP contribution >= 0.6 is 0 Å². The Morgan fingerprint density at radius 1 is 1.32 bits per heavy atom. The number of piperidine rings is 1. The predicted molar refractivity (Wildman–Crippen MR) is 98.2 cm³/mol. The van der Waals surface area contributed by atoms with Crippen molar-refractivity contribution in [1.29, 1.82) is 0 Å². The quantitative estimate of drug-likeness (QED) is 0.930. The second-order valence-corrected chi connectivity index (χ2v) is 6.82. The van der Waals surface area contributed by atoms with Gasteiger partial charge in [0, 0.05) is 45.0 Å². The molecule has 1 aliphatic heterocycles. The van der Waals surface area contributed by atoms with E-state index in [1.807, 2.05) is 31.3 Å². The van der Waals surface area contributed by atoms with Gasteiger partial charge in [-0.2, -0.15) is 0 Å². The second kappa shape index (κ2) is 7.09. The number of hydrogen-bond donors (Lipinski definition) is 1. The first-order valence-electron chi connectivity index (χ1n) is 8.58. The van der Waals surface area contributed by atoms with E-state index in [1.165, 1.54) is 5.56 Å². The number of carbonyl (C=O) groups is 1. The maximum Gasteiger partial charge on any atom is 0.260 e. The zero-order valence-electron chi connectivity index (χ0n) is 15.0. The van der Waals surface area contributed by atoms with E-state index in [2.05, 4.69) is 16.0 Å². The van der Waals surface area contributed by atoms with E-state index >= 15 is 0 Å². The van der Waals surface area contributed by atoms with Crippen molar-refractivity contribution in [2.75, 3.05) is 32.1 Å². The molecule has 0 spiro atoms. The number of anilines is 1. The van der Waals surface area contributed by atoms with E-state index in [0.29, 0.717) is 13.1 Å². The molecule has 1 atom stereocenters. The second-order valence-electron chi connectivity index (χ2n) is 6.82. The Bertz CT molecular complexity index is 828. The molecule has 2 aromatic heterocycles. The predicted octanol–water partition coefficient (Wildman–Crippen LogP) is 2.16. The number of aromatic nitrogens is 2. The molecule has 2 aromatic rings. The zero-order chi connectivity index (χ0) is 18.0. The highest BCUT2D eigenvalue weighted by atomic mass is 16.2. The molecule has 0 aromatic carbocycles. The van der Waals surface area contributed by atoms with Gasteiger partial charge in [-0.1, -0.05) is 0 Å². The molecular weight excluding hydrogens is 316 g/mol. The number of H-pyrrole nitrogens is 1. The van der Waals surface area contributed by atoms with E-state index in [9.17, 15) is 9.59 Å². The third kappa shape index (κ3) is 3.73. The van der Waals surface area contributed by atoms with Crippen molar-refractivity contribution >= 4 is 11.7 Å². The molecule has 3 rings (SSSR count). The molecule has 1 unspecified atom stereocenters. The highest BCUT2D eigenvalue weighted by molar-refractivity contribution is 5.94. The van der Waals surface area contributed by atoms with Gasteiger partial charge in [0.15, 0.2) is 0 Å². The fourth-order valence-electron chi connectivity index (χ4n) is 3.28. The number of nitrogens with zero attached hydrogens (tertiary/aromatic N) is 3. The van der Waals surface area contributed by atoms with Gasteiger partial charge >= 0.3 is 0 Å². The number of aromatic amines is 1. The topological polar surface area (TPSA) is 69.3 Å². The van der Waals surface area contributed by atoms with Crippen molar-refractivity contribution < 1.29 is 4.79 Å². The molecule has 1 amide bonds. The first-order valence-corrected chi connectivity index (χ1v) is 8.58. The zero-order valence-corrected chi connectivity index (χ0v) is 15.0. The van der Waals surface area contributed by atoms with Crippen LogP contribution in [-0.2, 0) is 0 Å². The number of pyridine rings is 2. The van der Waals surface area contributed by atoms with Gasteiger partial charge in [-0.3, -0.25) is 9.59 Å². The fourth-order valence-corrected chi connectivity index (χ4v) is 3.28. The lowest BCUT2D eigenvalue weighted by atomic mass is 9.91. The Morgan fingerprint density at radius 2 is 2.12 bits per heavy atom. The van der Waals surface area contributed by atoms with E-state index in [0.717, 1.165) is 24.4 Å². The molecule has 1 fully saturated rings. The number of amides is 1. The van der Waals surface area contributed by atoms with Crippen LogP contribution in [0.15, 0.2) is 35.3 Å². The normalized spacial score (nSPS) is 17.4. The van der Waals surface area contributed by atoms with Crippen LogP contribution in [-0.4, -0.2) is 48.0 Å². The molecule has 1 saturated heterocycles. The molecule has 6 nitrogen and oxygen atoms in total. The van der Waals surface area contributed by atoms with Crippen LogP contribution in [0.2, 0.25) is 0 Å². The lowest BCUT2D eigenvalue weighted by Gasteiger charge is -2.33. The van der Waals surface area contributed by atoms with Crippen molar-refractivity contribution in [2.45, 2.75) is 25.7 Å². The van der Waals surface area contributed by atoms with E-state index < -0.39 is 0 Å². The van der Waals surface area contributed by atoms with Crippen molar-refractivity contribution in [1.82, 2.24) is 14.9 Å². The third-order valence-electron chi connectivity index (χ3n) is 4.69. The smallest absolute Gasteiger partial charge is 0.260 e. The standard InChI is InChI=1S/C19H24N4O2/c1-13-6-7-16(18(24)21-13)19(25)23-10-4-5-15(12-23)14-8-9-20-17(11-14)22(2)3/h6-9,11,15H,4-5,10,12H2,1-3H3,(H,21,24). The molecule has 6 heteroatoms. The highest BCUT2D eigenvalue weighted by Gasteiger charge is 2.27. The van der Waals surface area contributed by atoms with Gasteiger partial charge in [-0.15, -0.1) is 0 Å². The van der Waals surface area contributed by atoms with Crippen LogP contribution < -0.4 is 10.5 Å². The van der Waals surface area contributed by atoms with Gasteiger partial charge in [-0.05, 0) is 49.6 Å². The fraction of sp³-hybridized carbons (Fsp3) is 0.421. The molecule has 1 aliphatic rings. The number of nitrogens with one attached hydrogen (secondary N) is 1. The van der Waals surface area contributed by atoms with Crippen LogP contribution in [0.3, 0.4) is 0 Å². The van der Waals surface area contributed by atoms with Crippen LogP contribution in [0, 0.1) is 6.92 Å². The van der Waals surface area contributed by atoms with E-state index in [4.69, 9.17) is 0 Å². The Balaban J connectivity index is 1.80. The summed E-state index contributed by atoms with van der Waals surface area (Å²) >= 11 is 0. The molecule has 0 aliphatic carbocycles. The number of hydrogen-bond acceptors (Lipinski definition) is 4. The molecule has 25 heavy (non-hydrogen) atoms. The highest BCUT2D eigenvalue weighted by Crippen LogP contribution is 2.28. The van der Waals surface area contributed by atoms with Gasteiger partial charge in [0.25, 0.3) is 11.5 Å².